The Labute approximate surface area is 162 Å². The molecule has 1 aromatic heterocycles. The minimum absolute atomic E-state index is 0.192. The zero-order valence-corrected chi connectivity index (χ0v) is 16.3. The Morgan fingerprint density at radius 3 is 2.63 bits per heavy atom. The number of hydrogen-bond donors (Lipinski definition) is 1. The van der Waals surface area contributed by atoms with E-state index in [-0.39, 0.29) is 17.8 Å². The van der Waals surface area contributed by atoms with Crippen molar-refractivity contribution in [3.63, 3.8) is 0 Å². The van der Waals surface area contributed by atoms with Crippen molar-refractivity contribution in [2.45, 2.75) is 25.8 Å². The van der Waals surface area contributed by atoms with Gasteiger partial charge < -0.3 is 14.7 Å². The third kappa shape index (κ3) is 3.96. The smallest absolute Gasteiger partial charge is 0.290 e. The Morgan fingerprint density at radius 1 is 1.26 bits per heavy atom. The van der Waals surface area contributed by atoms with Crippen LogP contribution < -0.4 is 0 Å². The van der Waals surface area contributed by atoms with Gasteiger partial charge in [0.25, 0.3) is 5.91 Å². The van der Waals surface area contributed by atoms with Gasteiger partial charge in [0, 0.05) is 25.0 Å². The Kier molecular flexibility index (Phi) is 6.08. The monoisotopic (exact) mass is 385 g/mol. The maximum atomic E-state index is 13.0. The van der Waals surface area contributed by atoms with Crippen molar-refractivity contribution >= 4 is 23.0 Å². The van der Waals surface area contributed by atoms with Crippen LogP contribution >= 0.6 is 11.3 Å². The van der Waals surface area contributed by atoms with Crippen molar-refractivity contribution < 1.29 is 19.4 Å². The minimum atomic E-state index is -0.545. The molecule has 1 atom stereocenters. The highest BCUT2D eigenvalue weighted by Gasteiger charge is 2.43. The second-order valence-electron chi connectivity index (χ2n) is 6.53. The number of nitrogens with zero attached hydrogens (tertiary/aromatic N) is 1. The largest absolute Gasteiger partial charge is 0.503 e. The molecule has 0 saturated heterocycles. The first-order valence-electron chi connectivity index (χ1n) is 8.88. The minimum Gasteiger partial charge on any atom is -0.503 e. The first-order chi connectivity index (χ1) is 13.0. The summed E-state index contributed by atoms with van der Waals surface area (Å²) in [6.45, 7) is 2.61. The number of amides is 1. The molecule has 1 aliphatic rings. The van der Waals surface area contributed by atoms with Crippen molar-refractivity contribution in [2.24, 2.45) is 0 Å². The fourth-order valence-electron chi connectivity index (χ4n) is 3.33. The van der Waals surface area contributed by atoms with Gasteiger partial charge in [0.2, 0.25) is 0 Å². The highest BCUT2D eigenvalue weighted by molar-refractivity contribution is 7.10. The van der Waals surface area contributed by atoms with Gasteiger partial charge in [-0.2, -0.15) is 0 Å². The van der Waals surface area contributed by atoms with Gasteiger partial charge in [0.15, 0.2) is 11.5 Å². The lowest BCUT2D eigenvalue weighted by Gasteiger charge is -2.26. The van der Waals surface area contributed by atoms with Gasteiger partial charge in [-0.15, -0.1) is 11.3 Å². The van der Waals surface area contributed by atoms with Gasteiger partial charge in [0.05, 0.1) is 18.2 Å². The number of benzene rings is 1. The number of carbonyl (C=O) groups excluding carboxylic acids is 2. The van der Waals surface area contributed by atoms with Crippen LogP contribution in [0.2, 0.25) is 0 Å². The molecule has 0 fully saturated rings. The first kappa shape index (κ1) is 19.3. The first-order valence-corrected chi connectivity index (χ1v) is 9.76. The van der Waals surface area contributed by atoms with Crippen LogP contribution in [0.5, 0.6) is 0 Å². The van der Waals surface area contributed by atoms with Crippen LogP contribution in [0.1, 0.15) is 28.5 Å². The summed E-state index contributed by atoms with van der Waals surface area (Å²) in [5.74, 6) is -1.13. The number of thiophene rings is 1. The third-order valence-corrected chi connectivity index (χ3v) is 5.85. The summed E-state index contributed by atoms with van der Waals surface area (Å²) >= 11 is 1.49. The van der Waals surface area contributed by atoms with Crippen molar-refractivity contribution in [3.05, 3.63) is 69.1 Å². The average Bonchev–Trinajstić information content (AvgIpc) is 3.20. The molecule has 1 aliphatic heterocycles. The van der Waals surface area contributed by atoms with Crippen molar-refractivity contribution in [1.29, 1.82) is 0 Å². The molecule has 1 N–H and O–H groups in total. The Hall–Kier alpha value is -2.44. The summed E-state index contributed by atoms with van der Waals surface area (Å²) in [4.78, 5) is 28.1. The van der Waals surface area contributed by atoms with Crippen LogP contribution in [0.15, 0.2) is 53.1 Å². The van der Waals surface area contributed by atoms with Crippen LogP contribution in [-0.2, 0) is 20.7 Å². The summed E-state index contributed by atoms with van der Waals surface area (Å²) in [6.07, 6.45) is 0.814. The molecule has 0 bridgehead atoms. The topological polar surface area (TPSA) is 66.8 Å². The van der Waals surface area contributed by atoms with Crippen LogP contribution in [-0.4, -0.2) is 42.0 Å². The van der Waals surface area contributed by atoms with E-state index in [1.165, 1.54) is 16.2 Å². The molecular weight excluding hydrogens is 362 g/mol. The summed E-state index contributed by atoms with van der Waals surface area (Å²) < 4.78 is 5.11. The fraction of sp³-hybridized carbons (Fsp3) is 0.333. The van der Waals surface area contributed by atoms with E-state index in [4.69, 9.17) is 4.74 Å². The summed E-state index contributed by atoms with van der Waals surface area (Å²) in [5.41, 5.74) is 2.26. The number of aliphatic hydroxyl groups is 1. The SMILES string of the molecule is COCCN1C(=O)C(O)=C(C(=O)CCc2ccccc2)C1c1sccc1C. The molecule has 1 aromatic carbocycles. The molecule has 142 valence electrons. The Bertz CT molecular complexity index is 856. The summed E-state index contributed by atoms with van der Waals surface area (Å²) in [5, 5.41) is 12.4. The number of carbonyl (C=O) groups is 2. The van der Waals surface area contributed by atoms with Crippen LogP contribution in [0.3, 0.4) is 0 Å². The molecule has 3 rings (SSSR count). The van der Waals surface area contributed by atoms with Gasteiger partial charge in [-0.1, -0.05) is 30.3 Å². The molecule has 5 nitrogen and oxygen atoms in total. The quantitative estimate of drug-likeness (QED) is 0.754. The van der Waals surface area contributed by atoms with E-state index in [0.29, 0.717) is 19.6 Å². The predicted octanol–water partition coefficient (Wildman–Crippen LogP) is 3.60. The molecule has 1 amide bonds. The van der Waals surface area contributed by atoms with Crippen molar-refractivity contribution in [1.82, 2.24) is 4.90 Å². The molecule has 0 aliphatic carbocycles. The van der Waals surface area contributed by atoms with E-state index in [1.54, 1.807) is 7.11 Å². The molecule has 1 unspecified atom stereocenters. The molecule has 0 radical (unpaired) electrons. The van der Waals surface area contributed by atoms with Crippen LogP contribution in [0, 0.1) is 6.92 Å². The maximum absolute atomic E-state index is 13.0. The van der Waals surface area contributed by atoms with Gasteiger partial charge in [0.1, 0.15) is 0 Å². The zero-order chi connectivity index (χ0) is 19.4. The molecule has 0 spiro atoms. The maximum Gasteiger partial charge on any atom is 0.290 e. The zero-order valence-electron chi connectivity index (χ0n) is 15.5. The van der Waals surface area contributed by atoms with E-state index < -0.39 is 17.7 Å². The molecule has 6 heteroatoms. The van der Waals surface area contributed by atoms with Gasteiger partial charge in [-0.3, -0.25) is 9.59 Å². The third-order valence-electron chi connectivity index (χ3n) is 4.77. The Morgan fingerprint density at radius 2 is 2.00 bits per heavy atom. The molecular formula is C21H23NO4S. The average molecular weight is 385 g/mol. The lowest BCUT2D eigenvalue weighted by atomic mass is 9.96. The number of ether oxygens (including phenoxy) is 1. The highest BCUT2D eigenvalue weighted by Crippen LogP contribution is 2.41. The van der Waals surface area contributed by atoms with E-state index >= 15 is 0 Å². The second-order valence-corrected chi connectivity index (χ2v) is 7.48. The van der Waals surface area contributed by atoms with Crippen molar-refractivity contribution in [3.8, 4) is 0 Å². The van der Waals surface area contributed by atoms with Gasteiger partial charge >= 0.3 is 0 Å². The lowest BCUT2D eigenvalue weighted by Crippen LogP contribution is -2.33. The van der Waals surface area contributed by atoms with E-state index in [1.807, 2.05) is 48.7 Å². The number of hydrogen-bond acceptors (Lipinski definition) is 5. The highest BCUT2D eigenvalue weighted by atomic mass is 32.1. The molecule has 27 heavy (non-hydrogen) atoms. The number of aryl methyl sites for hydroxylation is 2. The summed E-state index contributed by atoms with van der Waals surface area (Å²) in [7, 11) is 1.56. The number of rotatable bonds is 8. The molecule has 2 heterocycles. The standard InChI is InChI=1S/C21H23NO4S/c1-14-10-13-27-20(14)18-17(19(24)21(25)22(18)11-12-26-2)16(23)9-8-15-6-4-3-5-7-15/h3-7,10,13,18,24H,8-9,11-12H2,1-2H3. The fourth-order valence-corrected chi connectivity index (χ4v) is 4.38. The van der Waals surface area contributed by atoms with Gasteiger partial charge in [-0.25, -0.2) is 0 Å². The number of aliphatic hydroxyl groups excluding tert-OH is 1. The van der Waals surface area contributed by atoms with Gasteiger partial charge in [-0.05, 0) is 35.9 Å². The summed E-state index contributed by atoms with van der Waals surface area (Å²) in [6, 6.07) is 11.1. The van der Waals surface area contributed by atoms with Crippen LogP contribution in [0.4, 0.5) is 0 Å². The number of Topliss-reactive ketones (excluding diaryl/α,β-unsaturated/α-hetero) is 1. The second kappa shape index (κ2) is 8.50. The Balaban J connectivity index is 1.88. The molecule has 0 saturated carbocycles. The van der Waals surface area contributed by atoms with E-state index in [2.05, 4.69) is 0 Å². The normalized spacial score (nSPS) is 17.0. The predicted molar refractivity (Wildman–Crippen MR) is 105 cm³/mol. The lowest BCUT2D eigenvalue weighted by molar-refractivity contribution is -0.130. The number of methoxy groups -OCH3 is 1. The number of ketones is 1. The van der Waals surface area contributed by atoms with Crippen molar-refractivity contribution in [2.75, 3.05) is 20.3 Å². The molecule has 2 aromatic rings. The van der Waals surface area contributed by atoms with Crippen LogP contribution in [0.25, 0.3) is 0 Å². The van der Waals surface area contributed by atoms with E-state index in [0.717, 1.165) is 16.0 Å². The van der Waals surface area contributed by atoms with E-state index in [9.17, 15) is 14.7 Å².